The van der Waals surface area contributed by atoms with E-state index in [4.69, 9.17) is 28.1 Å². The molecule has 15 nitrogen and oxygen atoms in total. The third kappa shape index (κ3) is 5.10. The molecule has 2 aromatic rings. The second-order valence-corrected chi connectivity index (χ2v) is 8.54. The monoisotopic (exact) mass is 532 g/mol. The highest BCUT2D eigenvalue weighted by Gasteiger charge is 2.47. The zero-order valence-corrected chi connectivity index (χ0v) is 19.4. The summed E-state index contributed by atoms with van der Waals surface area (Å²) in [5, 5.41) is 80.5. The van der Waals surface area contributed by atoms with Crippen LogP contribution in [-0.2, 0) is 9.47 Å². The van der Waals surface area contributed by atoms with Gasteiger partial charge in [-0.3, -0.25) is 0 Å². The molecular weight excluding hydrogens is 504 g/mol. The van der Waals surface area contributed by atoms with Crippen molar-refractivity contribution in [2.75, 3.05) is 20.3 Å². The summed E-state index contributed by atoms with van der Waals surface area (Å²) >= 11 is 0. The fourth-order valence-electron chi connectivity index (χ4n) is 4.07. The van der Waals surface area contributed by atoms with Crippen LogP contribution < -0.4 is 19.8 Å². The molecule has 0 amide bonds. The van der Waals surface area contributed by atoms with E-state index in [2.05, 4.69) is 0 Å². The lowest BCUT2D eigenvalue weighted by Crippen LogP contribution is -2.60. The average molecular weight is 532 g/mol. The van der Waals surface area contributed by atoms with Gasteiger partial charge in [-0.25, -0.2) is 4.79 Å². The molecule has 206 valence electrons. The molecule has 37 heavy (non-hydrogen) atoms. The lowest BCUT2D eigenvalue weighted by molar-refractivity contribution is -0.282. The number of rotatable bonds is 7. The van der Waals surface area contributed by atoms with Crippen LogP contribution in [0.4, 0.5) is 0 Å². The number of hydrogen-bond acceptors (Lipinski definition) is 15. The first kappa shape index (κ1) is 27.5. The summed E-state index contributed by atoms with van der Waals surface area (Å²) in [4.78, 5) is 12.0. The molecule has 2 fully saturated rings. The van der Waals surface area contributed by atoms with Gasteiger partial charge in [-0.1, -0.05) is 0 Å². The predicted molar refractivity (Wildman–Crippen MR) is 118 cm³/mol. The highest BCUT2D eigenvalue weighted by Crippen LogP contribution is 2.46. The van der Waals surface area contributed by atoms with Gasteiger partial charge in [0.25, 0.3) is 0 Å². The Balaban J connectivity index is 1.80. The van der Waals surface area contributed by atoms with Crippen LogP contribution in [0.1, 0.15) is 0 Å². The third-order valence-corrected chi connectivity index (χ3v) is 6.17. The summed E-state index contributed by atoms with van der Waals surface area (Å²) in [6.45, 7) is -1.48. The van der Waals surface area contributed by atoms with Gasteiger partial charge >= 0.3 is 5.63 Å². The maximum Gasteiger partial charge on any atom is 0.336 e. The normalized spacial score (nSPS) is 36.4. The number of hydrogen-bond donors (Lipinski definition) is 8. The molecule has 1 aromatic carbocycles. The maximum atomic E-state index is 12.0. The first-order valence-electron chi connectivity index (χ1n) is 11.2. The topological polar surface area (TPSA) is 238 Å². The van der Waals surface area contributed by atoms with Crippen LogP contribution in [0.3, 0.4) is 0 Å². The summed E-state index contributed by atoms with van der Waals surface area (Å²) in [6, 6.07) is 3.84. The molecular formula is C22H28O15. The number of benzene rings is 1. The summed E-state index contributed by atoms with van der Waals surface area (Å²) in [5.41, 5.74) is -1.06. The van der Waals surface area contributed by atoms with E-state index in [0.717, 1.165) is 6.07 Å². The van der Waals surface area contributed by atoms with Gasteiger partial charge in [0.1, 0.15) is 48.8 Å². The minimum absolute atomic E-state index is 0.0714. The van der Waals surface area contributed by atoms with Crippen LogP contribution in [-0.4, -0.2) is 123 Å². The molecule has 0 spiro atoms. The zero-order chi connectivity index (χ0) is 27.0. The quantitative estimate of drug-likeness (QED) is 0.159. The van der Waals surface area contributed by atoms with Gasteiger partial charge in [0.15, 0.2) is 11.3 Å². The maximum absolute atomic E-state index is 12.0. The molecule has 4 rings (SSSR count). The van der Waals surface area contributed by atoms with Crippen molar-refractivity contribution < 1.29 is 69.0 Å². The molecule has 0 unspecified atom stereocenters. The lowest BCUT2D eigenvalue weighted by Gasteiger charge is -2.41. The molecule has 2 aliphatic rings. The van der Waals surface area contributed by atoms with E-state index in [1.54, 1.807) is 0 Å². The molecule has 15 heteroatoms. The van der Waals surface area contributed by atoms with E-state index in [0.29, 0.717) is 0 Å². The van der Waals surface area contributed by atoms with Gasteiger partial charge in [0.2, 0.25) is 24.1 Å². The highest BCUT2D eigenvalue weighted by atomic mass is 16.7. The molecule has 3 heterocycles. The van der Waals surface area contributed by atoms with Crippen molar-refractivity contribution in [3.63, 3.8) is 0 Å². The van der Waals surface area contributed by atoms with Gasteiger partial charge in [-0.2, -0.15) is 0 Å². The minimum Gasteiger partial charge on any atom is -0.493 e. The minimum atomic E-state index is -1.85. The Kier molecular flexibility index (Phi) is 8.20. The van der Waals surface area contributed by atoms with Crippen LogP contribution in [0.25, 0.3) is 11.0 Å². The zero-order valence-electron chi connectivity index (χ0n) is 19.4. The van der Waals surface area contributed by atoms with E-state index >= 15 is 0 Å². The van der Waals surface area contributed by atoms with E-state index in [1.165, 1.54) is 19.2 Å². The summed E-state index contributed by atoms with van der Waals surface area (Å²) in [6.07, 6.45) is -16.7. The molecule has 0 saturated carbocycles. The number of methoxy groups -OCH3 is 1. The standard InChI is InChI=1S/C22H28O15/c1-32-8-4-7-2-3-11(25)35-18(7)20(37-22-17(31)15(29)13(27)10(6-24)34-22)19(8)36-21-16(30)14(28)12(26)9(5-23)33-21/h2-4,9-10,12-17,21-24,26-31H,5-6H2,1H3/t9-,10-,12-,13-,14+,15+,16-,17-,21+,22+/m1/s1. The molecule has 1 aromatic heterocycles. The lowest BCUT2D eigenvalue weighted by atomic mass is 9.99. The Bertz CT molecular complexity index is 1130. The van der Waals surface area contributed by atoms with Crippen molar-refractivity contribution in [3.05, 3.63) is 28.6 Å². The highest BCUT2D eigenvalue weighted by molar-refractivity contribution is 5.88. The van der Waals surface area contributed by atoms with Crippen LogP contribution in [0.5, 0.6) is 17.2 Å². The first-order chi connectivity index (χ1) is 17.6. The SMILES string of the molecule is COc1cc2ccc(=O)oc2c(O[C@@H]2O[C@H](CO)[C@@H](O)[C@H](O)[C@H]2O)c1O[C@@H]1O[C@H](CO)[C@@H](O)[C@H](O)[C@H]1O. The summed E-state index contributed by atoms with van der Waals surface area (Å²) < 4.78 is 32.8. The second kappa shape index (κ2) is 11.0. The molecule has 2 aliphatic heterocycles. The molecule has 0 radical (unpaired) electrons. The number of fused-ring (bicyclic) bond motifs is 1. The number of aliphatic hydroxyl groups is 8. The molecule has 10 atom stereocenters. The Morgan fingerprint density at radius 2 is 1.27 bits per heavy atom. The van der Waals surface area contributed by atoms with Crippen molar-refractivity contribution in [2.45, 2.75) is 61.4 Å². The smallest absolute Gasteiger partial charge is 0.336 e. The Hall–Kier alpha value is -2.57. The average Bonchev–Trinajstić information content (AvgIpc) is 2.89. The predicted octanol–water partition coefficient (Wildman–Crippen LogP) is -3.84. The van der Waals surface area contributed by atoms with E-state index in [9.17, 15) is 45.6 Å². The fourth-order valence-corrected chi connectivity index (χ4v) is 4.07. The Morgan fingerprint density at radius 1 is 0.757 bits per heavy atom. The third-order valence-electron chi connectivity index (χ3n) is 6.17. The van der Waals surface area contributed by atoms with E-state index < -0.39 is 86.0 Å². The van der Waals surface area contributed by atoms with Crippen molar-refractivity contribution in [2.24, 2.45) is 0 Å². The van der Waals surface area contributed by atoms with Crippen LogP contribution in [0, 0.1) is 0 Å². The summed E-state index contributed by atoms with van der Waals surface area (Å²) in [5.74, 6) is -0.892. The fraction of sp³-hybridized carbons (Fsp3) is 0.591. The summed E-state index contributed by atoms with van der Waals surface area (Å²) in [7, 11) is 1.25. The van der Waals surface area contributed by atoms with Gasteiger partial charge in [-0.05, 0) is 12.1 Å². The molecule has 0 bridgehead atoms. The number of aliphatic hydroxyl groups excluding tert-OH is 8. The van der Waals surface area contributed by atoms with Gasteiger partial charge in [0.05, 0.1) is 20.3 Å². The van der Waals surface area contributed by atoms with Crippen molar-refractivity contribution in [1.82, 2.24) is 0 Å². The van der Waals surface area contributed by atoms with Crippen molar-refractivity contribution in [1.29, 1.82) is 0 Å². The Morgan fingerprint density at radius 3 is 1.76 bits per heavy atom. The van der Waals surface area contributed by atoms with Crippen LogP contribution in [0.2, 0.25) is 0 Å². The van der Waals surface area contributed by atoms with E-state index in [-0.39, 0.29) is 22.5 Å². The largest absolute Gasteiger partial charge is 0.493 e. The van der Waals surface area contributed by atoms with Crippen LogP contribution >= 0.6 is 0 Å². The molecule has 8 N–H and O–H groups in total. The molecule has 0 aliphatic carbocycles. The Labute approximate surface area is 208 Å². The van der Waals surface area contributed by atoms with Gasteiger partial charge < -0.3 is 69.0 Å². The van der Waals surface area contributed by atoms with Gasteiger partial charge in [0, 0.05) is 11.5 Å². The first-order valence-corrected chi connectivity index (χ1v) is 11.2. The number of ether oxygens (including phenoxy) is 5. The second-order valence-electron chi connectivity index (χ2n) is 8.54. The van der Waals surface area contributed by atoms with Crippen molar-refractivity contribution >= 4 is 11.0 Å². The van der Waals surface area contributed by atoms with Crippen LogP contribution in [0.15, 0.2) is 27.4 Å². The van der Waals surface area contributed by atoms with E-state index in [1.807, 2.05) is 0 Å². The molecule has 2 saturated heterocycles. The van der Waals surface area contributed by atoms with Crippen molar-refractivity contribution in [3.8, 4) is 17.2 Å². The van der Waals surface area contributed by atoms with Gasteiger partial charge in [-0.15, -0.1) is 0 Å².